The second kappa shape index (κ2) is 6.37. The molecule has 1 N–H and O–H groups in total. The molecule has 1 aliphatic heterocycles. The quantitative estimate of drug-likeness (QED) is 0.770. The molecular formula is C14H27N3. The van der Waals surface area contributed by atoms with Gasteiger partial charge in [-0.05, 0) is 38.1 Å². The van der Waals surface area contributed by atoms with Crippen LogP contribution in [0.15, 0.2) is 0 Å². The summed E-state index contributed by atoms with van der Waals surface area (Å²) in [7, 11) is 0. The lowest BCUT2D eigenvalue weighted by atomic mass is 9.99. The number of nitriles is 1. The minimum atomic E-state index is -0.356. The lowest BCUT2D eigenvalue weighted by Gasteiger charge is -2.26. The molecule has 0 radical (unpaired) electrons. The standard InChI is InChI=1S/C14H27N3/c1-5-7-16-14(4,11-15)6-8-17-9-12(2)13(3)10-17/h12-13,16H,5-10H2,1-4H3. The van der Waals surface area contributed by atoms with E-state index in [2.05, 4.69) is 37.1 Å². The minimum absolute atomic E-state index is 0.356. The van der Waals surface area contributed by atoms with Crippen molar-refractivity contribution in [2.24, 2.45) is 11.8 Å². The Morgan fingerprint density at radius 3 is 2.41 bits per heavy atom. The van der Waals surface area contributed by atoms with Crippen molar-refractivity contribution < 1.29 is 0 Å². The third-order valence-electron chi connectivity index (χ3n) is 4.00. The lowest BCUT2D eigenvalue weighted by Crippen LogP contribution is -2.44. The van der Waals surface area contributed by atoms with Gasteiger partial charge < -0.3 is 4.90 Å². The van der Waals surface area contributed by atoms with Crippen LogP contribution in [0.2, 0.25) is 0 Å². The third kappa shape index (κ3) is 4.29. The molecule has 0 aliphatic carbocycles. The maximum atomic E-state index is 9.26. The van der Waals surface area contributed by atoms with Crippen LogP contribution < -0.4 is 5.32 Å². The van der Waals surface area contributed by atoms with E-state index in [0.29, 0.717) is 0 Å². The van der Waals surface area contributed by atoms with Crippen LogP contribution in [0.3, 0.4) is 0 Å². The lowest BCUT2D eigenvalue weighted by molar-refractivity contribution is 0.280. The highest BCUT2D eigenvalue weighted by atomic mass is 15.2. The Morgan fingerprint density at radius 1 is 1.35 bits per heavy atom. The Kier molecular flexibility index (Phi) is 5.42. The van der Waals surface area contributed by atoms with Gasteiger partial charge >= 0.3 is 0 Å². The molecule has 0 amide bonds. The van der Waals surface area contributed by atoms with Gasteiger partial charge in [0.1, 0.15) is 5.54 Å². The Bertz CT molecular complexity index is 261. The topological polar surface area (TPSA) is 39.1 Å². The fraction of sp³-hybridized carbons (Fsp3) is 0.929. The zero-order valence-corrected chi connectivity index (χ0v) is 11.8. The molecule has 17 heavy (non-hydrogen) atoms. The number of nitrogens with one attached hydrogen (secondary N) is 1. The number of rotatable bonds is 6. The number of nitrogens with zero attached hydrogens (tertiary/aromatic N) is 2. The zero-order chi connectivity index (χ0) is 12.9. The largest absolute Gasteiger partial charge is 0.303 e. The van der Waals surface area contributed by atoms with Crippen molar-refractivity contribution in [2.45, 2.75) is 46.1 Å². The van der Waals surface area contributed by atoms with Crippen LogP contribution in [0.4, 0.5) is 0 Å². The van der Waals surface area contributed by atoms with Crippen molar-refractivity contribution in [3.63, 3.8) is 0 Å². The van der Waals surface area contributed by atoms with E-state index >= 15 is 0 Å². The molecule has 0 bridgehead atoms. The van der Waals surface area contributed by atoms with E-state index in [-0.39, 0.29) is 5.54 Å². The van der Waals surface area contributed by atoms with Crippen LogP contribution in [0.1, 0.15) is 40.5 Å². The first kappa shape index (κ1) is 14.5. The number of likely N-dealkylation sites (tertiary alicyclic amines) is 1. The zero-order valence-electron chi connectivity index (χ0n) is 11.8. The van der Waals surface area contributed by atoms with Crippen LogP contribution in [0, 0.1) is 23.2 Å². The summed E-state index contributed by atoms with van der Waals surface area (Å²) in [4.78, 5) is 2.50. The molecule has 1 saturated heterocycles. The summed E-state index contributed by atoms with van der Waals surface area (Å²) >= 11 is 0. The summed E-state index contributed by atoms with van der Waals surface area (Å²) in [6, 6.07) is 2.42. The van der Waals surface area contributed by atoms with Gasteiger partial charge in [0, 0.05) is 19.6 Å². The fourth-order valence-corrected chi connectivity index (χ4v) is 2.40. The molecule has 0 aromatic carbocycles. The van der Waals surface area contributed by atoms with Gasteiger partial charge in [-0.25, -0.2) is 0 Å². The predicted molar refractivity (Wildman–Crippen MR) is 71.7 cm³/mol. The maximum Gasteiger partial charge on any atom is 0.105 e. The van der Waals surface area contributed by atoms with Gasteiger partial charge in [-0.2, -0.15) is 5.26 Å². The average molecular weight is 237 g/mol. The molecule has 1 rings (SSSR count). The molecule has 1 heterocycles. The van der Waals surface area contributed by atoms with E-state index in [1.165, 1.54) is 13.1 Å². The van der Waals surface area contributed by atoms with E-state index in [1.807, 2.05) is 6.92 Å². The summed E-state index contributed by atoms with van der Waals surface area (Å²) in [5.41, 5.74) is -0.356. The highest BCUT2D eigenvalue weighted by Gasteiger charge is 2.29. The molecule has 3 heteroatoms. The van der Waals surface area contributed by atoms with E-state index in [0.717, 1.165) is 37.8 Å². The molecule has 1 fully saturated rings. The van der Waals surface area contributed by atoms with Gasteiger partial charge in [-0.1, -0.05) is 20.8 Å². The van der Waals surface area contributed by atoms with Gasteiger partial charge in [-0.3, -0.25) is 5.32 Å². The second-order valence-corrected chi connectivity index (χ2v) is 5.83. The highest BCUT2D eigenvalue weighted by molar-refractivity contribution is 5.04. The SMILES string of the molecule is CCCNC(C)(C#N)CCN1CC(C)C(C)C1. The van der Waals surface area contributed by atoms with Gasteiger partial charge in [0.2, 0.25) is 0 Å². The van der Waals surface area contributed by atoms with E-state index in [4.69, 9.17) is 0 Å². The summed E-state index contributed by atoms with van der Waals surface area (Å²) < 4.78 is 0. The minimum Gasteiger partial charge on any atom is -0.303 e. The first-order valence-corrected chi connectivity index (χ1v) is 6.89. The Balaban J connectivity index is 2.36. The Hall–Kier alpha value is -0.590. The second-order valence-electron chi connectivity index (χ2n) is 5.83. The molecule has 3 unspecified atom stereocenters. The average Bonchev–Trinajstić information content (AvgIpc) is 2.64. The predicted octanol–water partition coefficient (Wildman–Crippen LogP) is 2.25. The Morgan fingerprint density at radius 2 is 1.94 bits per heavy atom. The molecule has 3 atom stereocenters. The van der Waals surface area contributed by atoms with Crippen molar-refractivity contribution in [3.8, 4) is 6.07 Å². The van der Waals surface area contributed by atoms with Crippen LogP contribution in [0.5, 0.6) is 0 Å². The van der Waals surface area contributed by atoms with Crippen LogP contribution in [0.25, 0.3) is 0 Å². The summed E-state index contributed by atoms with van der Waals surface area (Å²) in [5, 5.41) is 12.6. The Labute approximate surface area is 106 Å². The normalized spacial score (nSPS) is 28.9. The van der Waals surface area contributed by atoms with Crippen molar-refractivity contribution in [3.05, 3.63) is 0 Å². The van der Waals surface area contributed by atoms with Gasteiger partial charge in [0.15, 0.2) is 0 Å². The van der Waals surface area contributed by atoms with Crippen molar-refractivity contribution in [1.29, 1.82) is 5.26 Å². The van der Waals surface area contributed by atoms with Gasteiger partial charge in [0.05, 0.1) is 6.07 Å². The van der Waals surface area contributed by atoms with E-state index < -0.39 is 0 Å². The molecule has 0 spiro atoms. The van der Waals surface area contributed by atoms with Crippen molar-refractivity contribution >= 4 is 0 Å². The number of hydrogen-bond acceptors (Lipinski definition) is 3. The molecule has 0 saturated carbocycles. The van der Waals surface area contributed by atoms with E-state index in [1.54, 1.807) is 0 Å². The van der Waals surface area contributed by atoms with Gasteiger partial charge in [-0.15, -0.1) is 0 Å². The molecule has 0 aromatic rings. The van der Waals surface area contributed by atoms with Gasteiger partial charge in [0.25, 0.3) is 0 Å². The van der Waals surface area contributed by atoms with Crippen LogP contribution in [-0.2, 0) is 0 Å². The monoisotopic (exact) mass is 237 g/mol. The summed E-state index contributed by atoms with van der Waals surface area (Å²) in [6.45, 7) is 13.1. The fourth-order valence-electron chi connectivity index (χ4n) is 2.40. The first-order valence-electron chi connectivity index (χ1n) is 6.89. The molecule has 1 aliphatic rings. The van der Waals surface area contributed by atoms with E-state index in [9.17, 15) is 5.26 Å². The van der Waals surface area contributed by atoms with Crippen molar-refractivity contribution in [1.82, 2.24) is 10.2 Å². The summed E-state index contributed by atoms with van der Waals surface area (Å²) in [5.74, 6) is 1.60. The van der Waals surface area contributed by atoms with Crippen LogP contribution >= 0.6 is 0 Å². The molecular weight excluding hydrogens is 210 g/mol. The molecule has 3 nitrogen and oxygen atoms in total. The number of hydrogen-bond donors (Lipinski definition) is 1. The molecule has 98 valence electrons. The highest BCUT2D eigenvalue weighted by Crippen LogP contribution is 2.23. The first-order chi connectivity index (χ1) is 8.00. The molecule has 0 aromatic heterocycles. The smallest absolute Gasteiger partial charge is 0.105 e. The van der Waals surface area contributed by atoms with Crippen LogP contribution in [-0.4, -0.2) is 36.6 Å². The third-order valence-corrected chi connectivity index (χ3v) is 4.00. The summed E-state index contributed by atoms with van der Waals surface area (Å²) in [6.07, 6.45) is 2.00. The van der Waals surface area contributed by atoms with Crippen molar-refractivity contribution in [2.75, 3.05) is 26.2 Å². The maximum absolute atomic E-state index is 9.26.